The molecule has 3 aromatic rings. The molecule has 4 nitrogen and oxygen atoms in total. The molecule has 0 saturated heterocycles. The average Bonchev–Trinajstić information content (AvgIpc) is 2.57. The molecule has 3 rings (SSSR count). The minimum atomic E-state index is -0.883. The Morgan fingerprint density at radius 3 is 2.62 bits per heavy atom. The smallest absolute Gasteiger partial charge is 0.351 e. The van der Waals surface area contributed by atoms with Gasteiger partial charge in [0, 0.05) is 22.4 Å². The number of alkyl halides is 1. The fourth-order valence-corrected chi connectivity index (χ4v) is 2.59. The van der Waals surface area contributed by atoms with Gasteiger partial charge >= 0.3 is 11.6 Å². The van der Waals surface area contributed by atoms with Crippen molar-refractivity contribution >= 4 is 51.7 Å². The van der Waals surface area contributed by atoms with Crippen molar-refractivity contribution in [2.75, 3.05) is 0 Å². The molecule has 0 bridgehead atoms. The van der Waals surface area contributed by atoms with Crippen LogP contribution in [0.2, 0.25) is 10.0 Å². The lowest BCUT2D eigenvalue weighted by Gasteiger charge is -2.07. The minimum Gasteiger partial charge on any atom is -0.422 e. The largest absolute Gasteiger partial charge is 0.422 e. The van der Waals surface area contributed by atoms with Crippen LogP contribution in [0.15, 0.2) is 51.7 Å². The van der Waals surface area contributed by atoms with Gasteiger partial charge in [0.05, 0.1) is 5.02 Å². The van der Waals surface area contributed by atoms with Crippen LogP contribution in [0.5, 0.6) is 5.75 Å². The van der Waals surface area contributed by atoms with E-state index in [0.717, 1.165) is 5.56 Å². The molecule has 7 heteroatoms. The van der Waals surface area contributed by atoms with Gasteiger partial charge in [-0.3, -0.25) is 0 Å². The summed E-state index contributed by atoms with van der Waals surface area (Å²) >= 11 is 17.6. The number of carbonyl (C=O) groups is 1. The van der Waals surface area contributed by atoms with E-state index in [4.69, 9.17) is 44.0 Å². The fraction of sp³-hybridized carbons (Fsp3) is 0.0588. The molecule has 1 aromatic heterocycles. The van der Waals surface area contributed by atoms with E-state index in [-0.39, 0.29) is 16.3 Å². The highest BCUT2D eigenvalue weighted by atomic mass is 35.5. The van der Waals surface area contributed by atoms with E-state index in [1.165, 1.54) is 18.2 Å². The van der Waals surface area contributed by atoms with Crippen LogP contribution in [-0.2, 0) is 5.88 Å². The minimum absolute atomic E-state index is 0.0585. The second-order valence-electron chi connectivity index (χ2n) is 4.92. The van der Waals surface area contributed by atoms with Gasteiger partial charge < -0.3 is 9.15 Å². The Labute approximate surface area is 151 Å². The summed E-state index contributed by atoms with van der Waals surface area (Å²) in [6, 6.07) is 10.9. The van der Waals surface area contributed by atoms with Gasteiger partial charge in [-0.25, -0.2) is 9.59 Å². The number of hydrogen-bond acceptors (Lipinski definition) is 4. The quantitative estimate of drug-likeness (QED) is 0.275. The van der Waals surface area contributed by atoms with E-state index in [0.29, 0.717) is 21.9 Å². The molecular formula is C17H9Cl3O4. The van der Waals surface area contributed by atoms with Gasteiger partial charge in [-0.15, -0.1) is 11.6 Å². The average molecular weight is 384 g/mol. The van der Waals surface area contributed by atoms with Crippen molar-refractivity contribution in [3.63, 3.8) is 0 Å². The molecule has 0 amide bonds. The lowest BCUT2D eigenvalue weighted by atomic mass is 10.1. The molecule has 0 saturated carbocycles. The molecule has 0 aliphatic carbocycles. The van der Waals surface area contributed by atoms with Crippen LogP contribution in [0.25, 0.3) is 11.0 Å². The molecule has 0 fully saturated rings. The number of halogens is 3. The Balaban J connectivity index is 2.01. The molecule has 24 heavy (non-hydrogen) atoms. The second-order valence-corrected chi connectivity index (χ2v) is 6.03. The van der Waals surface area contributed by atoms with Crippen molar-refractivity contribution in [3.05, 3.63) is 74.1 Å². The molecule has 0 unspecified atom stereocenters. The standard InChI is InChI=1S/C17H9Cl3O4/c18-8-9-1-4-14-10(5-9)6-12(16(21)23-14)17(22)24-15-7-11(19)2-3-13(15)20/h1-7H,8H2. The molecule has 0 radical (unpaired) electrons. The summed E-state index contributed by atoms with van der Waals surface area (Å²) in [6.45, 7) is 0. The van der Waals surface area contributed by atoms with Gasteiger partial charge in [-0.05, 0) is 35.9 Å². The molecule has 0 spiro atoms. The highest BCUT2D eigenvalue weighted by molar-refractivity contribution is 6.34. The summed E-state index contributed by atoms with van der Waals surface area (Å²) < 4.78 is 10.3. The maximum Gasteiger partial charge on any atom is 0.351 e. The second kappa shape index (κ2) is 6.85. The van der Waals surface area contributed by atoms with Gasteiger partial charge in [0.2, 0.25) is 0 Å². The molecular weight excluding hydrogens is 375 g/mol. The zero-order valence-corrected chi connectivity index (χ0v) is 14.3. The molecule has 0 aliphatic heterocycles. The van der Waals surface area contributed by atoms with E-state index in [9.17, 15) is 9.59 Å². The third-order valence-corrected chi connectivity index (χ3v) is 4.12. The third-order valence-electron chi connectivity index (χ3n) is 3.27. The predicted octanol–water partition coefficient (Wildman–Crippen LogP) is 5.06. The maximum absolute atomic E-state index is 12.3. The van der Waals surface area contributed by atoms with Crippen LogP contribution in [0.3, 0.4) is 0 Å². The number of esters is 1. The van der Waals surface area contributed by atoms with Crippen LogP contribution < -0.4 is 10.4 Å². The topological polar surface area (TPSA) is 56.5 Å². The normalized spacial score (nSPS) is 10.8. The molecule has 0 atom stereocenters. The number of ether oxygens (including phenoxy) is 1. The summed E-state index contributed by atoms with van der Waals surface area (Å²) in [4.78, 5) is 24.3. The first-order valence-corrected chi connectivity index (χ1v) is 8.07. The van der Waals surface area contributed by atoms with E-state index in [2.05, 4.69) is 0 Å². The molecule has 0 N–H and O–H groups in total. The van der Waals surface area contributed by atoms with Crippen LogP contribution in [0.1, 0.15) is 15.9 Å². The van der Waals surface area contributed by atoms with Crippen LogP contribution in [0.4, 0.5) is 0 Å². The molecule has 2 aromatic carbocycles. The van der Waals surface area contributed by atoms with Crippen molar-refractivity contribution in [2.24, 2.45) is 0 Å². The van der Waals surface area contributed by atoms with Crippen LogP contribution in [-0.4, -0.2) is 5.97 Å². The first-order chi connectivity index (χ1) is 11.5. The molecule has 1 heterocycles. The first kappa shape index (κ1) is 16.8. The maximum atomic E-state index is 12.3. The van der Waals surface area contributed by atoms with Crippen molar-refractivity contribution in [3.8, 4) is 5.75 Å². The summed E-state index contributed by atoms with van der Waals surface area (Å²) in [7, 11) is 0. The van der Waals surface area contributed by atoms with Gasteiger partial charge in [-0.1, -0.05) is 29.3 Å². The predicted molar refractivity (Wildman–Crippen MR) is 93.5 cm³/mol. The molecule has 122 valence electrons. The van der Waals surface area contributed by atoms with Crippen molar-refractivity contribution in [1.82, 2.24) is 0 Å². The number of benzene rings is 2. The van der Waals surface area contributed by atoms with E-state index in [1.807, 2.05) is 0 Å². The molecule has 0 aliphatic rings. The number of hydrogen-bond donors (Lipinski definition) is 0. The highest BCUT2D eigenvalue weighted by Gasteiger charge is 2.18. The van der Waals surface area contributed by atoms with Crippen LogP contribution >= 0.6 is 34.8 Å². The van der Waals surface area contributed by atoms with Crippen molar-refractivity contribution in [1.29, 1.82) is 0 Å². The van der Waals surface area contributed by atoms with Crippen molar-refractivity contribution < 1.29 is 13.9 Å². The lowest BCUT2D eigenvalue weighted by molar-refractivity contribution is 0.0730. The Bertz CT molecular complexity index is 995. The zero-order valence-electron chi connectivity index (χ0n) is 12.0. The SMILES string of the molecule is O=C(Oc1cc(Cl)ccc1Cl)c1cc2cc(CCl)ccc2oc1=O. The Kier molecular flexibility index (Phi) is 4.81. The first-order valence-electron chi connectivity index (χ1n) is 6.78. The number of rotatable bonds is 3. The third kappa shape index (κ3) is 3.41. The Hall–Kier alpha value is -2.01. The van der Waals surface area contributed by atoms with Crippen LogP contribution in [0, 0.1) is 0 Å². The summed E-state index contributed by atoms with van der Waals surface area (Å²) in [5, 5.41) is 1.11. The van der Waals surface area contributed by atoms with Crippen molar-refractivity contribution in [2.45, 2.75) is 5.88 Å². The summed E-state index contributed by atoms with van der Waals surface area (Å²) in [5.41, 5.74) is 0.135. The van der Waals surface area contributed by atoms with Gasteiger partial charge in [-0.2, -0.15) is 0 Å². The highest BCUT2D eigenvalue weighted by Crippen LogP contribution is 2.28. The van der Waals surface area contributed by atoms with E-state index < -0.39 is 11.6 Å². The number of carbonyl (C=O) groups excluding carboxylic acids is 1. The fourth-order valence-electron chi connectivity index (χ4n) is 2.11. The summed E-state index contributed by atoms with van der Waals surface area (Å²) in [6.07, 6.45) is 0. The monoisotopic (exact) mass is 382 g/mol. The number of fused-ring (bicyclic) bond motifs is 1. The van der Waals surface area contributed by atoms with Gasteiger partial charge in [0.1, 0.15) is 11.1 Å². The van der Waals surface area contributed by atoms with Gasteiger partial charge in [0.15, 0.2) is 5.75 Å². The lowest BCUT2D eigenvalue weighted by Crippen LogP contribution is -2.18. The summed E-state index contributed by atoms with van der Waals surface area (Å²) in [5.74, 6) is -0.526. The Morgan fingerprint density at radius 2 is 1.88 bits per heavy atom. The van der Waals surface area contributed by atoms with Gasteiger partial charge in [0.25, 0.3) is 0 Å². The van der Waals surface area contributed by atoms with E-state index >= 15 is 0 Å². The zero-order chi connectivity index (χ0) is 17.3. The Morgan fingerprint density at radius 1 is 1.08 bits per heavy atom. The van der Waals surface area contributed by atoms with E-state index in [1.54, 1.807) is 24.3 Å².